The number of amides is 1. The lowest BCUT2D eigenvalue weighted by molar-refractivity contribution is -0.131. The molecule has 0 aliphatic rings. The van der Waals surface area contributed by atoms with Crippen molar-refractivity contribution in [2.24, 2.45) is 5.73 Å². The topological polar surface area (TPSA) is 46.3 Å². The Kier molecular flexibility index (Phi) is 6.63. The van der Waals surface area contributed by atoms with Crippen molar-refractivity contribution in [3.63, 3.8) is 0 Å². The van der Waals surface area contributed by atoms with Crippen LogP contribution in [0.4, 0.5) is 0 Å². The van der Waals surface area contributed by atoms with E-state index in [2.05, 4.69) is 0 Å². The third-order valence-corrected chi connectivity index (χ3v) is 3.98. The summed E-state index contributed by atoms with van der Waals surface area (Å²) in [6, 6.07) is 5.40. The van der Waals surface area contributed by atoms with Gasteiger partial charge in [0.25, 0.3) is 0 Å². The molecule has 0 spiro atoms. The van der Waals surface area contributed by atoms with E-state index in [1.807, 2.05) is 19.9 Å². The maximum Gasteiger partial charge on any atom is 0.223 e. The molecule has 1 rings (SSSR count). The quantitative estimate of drug-likeness (QED) is 0.876. The van der Waals surface area contributed by atoms with Gasteiger partial charge >= 0.3 is 0 Å². The van der Waals surface area contributed by atoms with Crippen molar-refractivity contribution < 1.29 is 4.79 Å². The van der Waals surface area contributed by atoms with Gasteiger partial charge in [-0.3, -0.25) is 4.79 Å². The molecule has 0 aliphatic heterocycles. The molecule has 1 atom stereocenters. The number of benzene rings is 1. The fourth-order valence-corrected chi connectivity index (χ4v) is 2.33. The summed E-state index contributed by atoms with van der Waals surface area (Å²) in [6.07, 6.45) is 0.399. The standard InChI is InChI=1S/C14H20Cl2N2O/c1-3-18(4-2)14(19)8-11(9-17)10-5-6-12(15)13(16)7-10/h5-7,11H,3-4,8-9,17H2,1-2H3. The molecule has 1 aromatic rings. The third-order valence-electron chi connectivity index (χ3n) is 3.24. The molecular formula is C14H20Cl2N2O. The van der Waals surface area contributed by atoms with E-state index in [1.54, 1.807) is 17.0 Å². The van der Waals surface area contributed by atoms with E-state index >= 15 is 0 Å². The van der Waals surface area contributed by atoms with E-state index < -0.39 is 0 Å². The Bertz CT molecular complexity index is 433. The second-order valence-electron chi connectivity index (χ2n) is 4.38. The number of hydrogen-bond acceptors (Lipinski definition) is 2. The Balaban J connectivity index is 2.83. The summed E-state index contributed by atoms with van der Waals surface area (Å²) >= 11 is 11.9. The summed E-state index contributed by atoms with van der Waals surface area (Å²) in [7, 11) is 0. The number of carbonyl (C=O) groups is 1. The molecule has 0 radical (unpaired) electrons. The van der Waals surface area contributed by atoms with Crippen LogP contribution in [0, 0.1) is 0 Å². The van der Waals surface area contributed by atoms with E-state index in [0.29, 0.717) is 36.1 Å². The lowest BCUT2D eigenvalue weighted by Gasteiger charge is -2.22. The maximum atomic E-state index is 12.1. The highest BCUT2D eigenvalue weighted by Gasteiger charge is 2.18. The Morgan fingerprint density at radius 2 is 1.89 bits per heavy atom. The summed E-state index contributed by atoms with van der Waals surface area (Å²) in [5, 5.41) is 1.00. The summed E-state index contributed by atoms with van der Waals surface area (Å²) in [4.78, 5) is 13.9. The molecule has 0 saturated carbocycles. The summed E-state index contributed by atoms with van der Waals surface area (Å²) in [5.74, 6) is 0.0920. The molecule has 1 aromatic carbocycles. The highest BCUT2D eigenvalue weighted by Crippen LogP contribution is 2.28. The zero-order valence-corrected chi connectivity index (χ0v) is 12.8. The van der Waals surface area contributed by atoms with Crippen molar-refractivity contribution in [1.29, 1.82) is 0 Å². The highest BCUT2D eigenvalue weighted by molar-refractivity contribution is 6.42. The summed E-state index contributed by atoms with van der Waals surface area (Å²) < 4.78 is 0. The lowest BCUT2D eigenvalue weighted by Crippen LogP contribution is -2.32. The second-order valence-corrected chi connectivity index (χ2v) is 5.19. The van der Waals surface area contributed by atoms with Crippen LogP contribution in [-0.2, 0) is 4.79 Å². The van der Waals surface area contributed by atoms with E-state index in [-0.39, 0.29) is 11.8 Å². The van der Waals surface area contributed by atoms with Gasteiger partial charge in [-0.1, -0.05) is 29.3 Å². The van der Waals surface area contributed by atoms with Crippen molar-refractivity contribution >= 4 is 29.1 Å². The number of nitrogens with zero attached hydrogens (tertiary/aromatic N) is 1. The van der Waals surface area contributed by atoms with Gasteiger partial charge in [-0.25, -0.2) is 0 Å². The van der Waals surface area contributed by atoms with E-state index in [9.17, 15) is 4.79 Å². The van der Waals surface area contributed by atoms with Gasteiger partial charge in [-0.15, -0.1) is 0 Å². The highest BCUT2D eigenvalue weighted by atomic mass is 35.5. The Hall–Kier alpha value is -0.770. The van der Waals surface area contributed by atoms with Gasteiger partial charge in [0.05, 0.1) is 10.0 Å². The predicted octanol–water partition coefficient (Wildman–Crippen LogP) is 3.29. The zero-order chi connectivity index (χ0) is 14.4. The van der Waals surface area contributed by atoms with Crippen molar-refractivity contribution in [3.8, 4) is 0 Å². The molecule has 0 aliphatic carbocycles. The van der Waals surface area contributed by atoms with Crippen LogP contribution < -0.4 is 5.73 Å². The zero-order valence-electron chi connectivity index (χ0n) is 11.3. The molecule has 0 fully saturated rings. The molecule has 0 heterocycles. The Labute approximate surface area is 124 Å². The van der Waals surface area contributed by atoms with Gasteiger partial charge in [-0.05, 0) is 38.1 Å². The molecule has 106 valence electrons. The summed E-state index contributed by atoms with van der Waals surface area (Å²) in [6.45, 7) is 5.78. The lowest BCUT2D eigenvalue weighted by atomic mass is 9.95. The number of nitrogens with two attached hydrogens (primary N) is 1. The fourth-order valence-electron chi connectivity index (χ4n) is 2.02. The number of halogens is 2. The van der Waals surface area contributed by atoms with E-state index in [0.717, 1.165) is 5.56 Å². The molecule has 2 N–H and O–H groups in total. The Morgan fingerprint density at radius 1 is 1.26 bits per heavy atom. The largest absolute Gasteiger partial charge is 0.343 e. The molecule has 19 heavy (non-hydrogen) atoms. The van der Waals surface area contributed by atoms with Gasteiger partial charge in [-0.2, -0.15) is 0 Å². The van der Waals surface area contributed by atoms with Gasteiger partial charge in [0.1, 0.15) is 0 Å². The fraction of sp³-hybridized carbons (Fsp3) is 0.500. The number of rotatable bonds is 6. The smallest absolute Gasteiger partial charge is 0.223 e. The van der Waals surface area contributed by atoms with Gasteiger partial charge in [0.15, 0.2) is 0 Å². The van der Waals surface area contributed by atoms with Crippen LogP contribution in [0.2, 0.25) is 10.0 Å². The van der Waals surface area contributed by atoms with E-state index in [1.165, 1.54) is 0 Å². The maximum absolute atomic E-state index is 12.1. The van der Waals surface area contributed by atoms with Gasteiger partial charge < -0.3 is 10.6 Å². The first kappa shape index (κ1) is 16.3. The molecule has 0 saturated heterocycles. The first-order chi connectivity index (χ1) is 9.03. The Morgan fingerprint density at radius 3 is 2.37 bits per heavy atom. The van der Waals surface area contributed by atoms with Crippen LogP contribution in [0.1, 0.15) is 31.7 Å². The monoisotopic (exact) mass is 302 g/mol. The molecule has 1 amide bonds. The van der Waals surface area contributed by atoms with Crippen molar-refractivity contribution in [2.75, 3.05) is 19.6 Å². The minimum absolute atomic E-state index is 0.0251. The average molecular weight is 303 g/mol. The summed E-state index contributed by atoms with van der Waals surface area (Å²) in [5.41, 5.74) is 6.73. The minimum atomic E-state index is -0.0251. The van der Waals surface area contributed by atoms with Crippen LogP contribution in [0.25, 0.3) is 0 Å². The van der Waals surface area contributed by atoms with Crippen LogP contribution in [-0.4, -0.2) is 30.4 Å². The van der Waals surface area contributed by atoms with Crippen LogP contribution in [0.3, 0.4) is 0 Å². The first-order valence-electron chi connectivity index (χ1n) is 6.46. The van der Waals surface area contributed by atoms with Crippen LogP contribution >= 0.6 is 23.2 Å². The van der Waals surface area contributed by atoms with Crippen molar-refractivity contribution in [1.82, 2.24) is 4.90 Å². The number of carbonyl (C=O) groups excluding carboxylic acids is 1. The van der Waals surface area contributed by atoms with Crippen LogP contribution in [0.15, 0.2) is 18.2 Å². The molecule has 1 unspecified atom stereocenters. The van der Waals surface area contributed by atoms with E-state index in [4.69, 9.17) is 28.9 Å². The normalized spacial score (nSPS) is 12.3. The molecule has 3 nitrogen and oxygen atoms in total. The minimum Gasteiger partial charge on any atom is -0.343 e. The molecular weight excluding hydrogens is 283 g/mol. The second kappa shape index (κ2) is 7.73. The molecule has 0 bridgehead atoms. The molecule has 5 heteroatoms. The SMILES string of the molecule is CCN(CC)C(=O)CC(CN)c1ccc(Cl)c(Cl)c1. The number of hydrogen-bond donors (Lipinski definition) is 1. The average Bonchev–Trinajstić information content (AvgIpc) is 2.40. The molecule has 0 aromatic heterocycles. The van der Waals surface area contributed by atoms with Crippen LogP contribution in [0.5, 0.6) is 0 Å². The third kappa shape index (κ3) is 4.37. The van der Waals surface area contributed by atoms with Gasteiger partial charge in [0, 0.05) is 25.4 Å². The first-order valence-corrected chi connectivity index (χ1v) is 7.21. The van der Waals surface area contributed by atoms with Gasteiger partial charge in [0.2, 0.25) is 5.91 Å². The van der Waals surface area contributed by atoms with Crippen molar-refractivity contribution in [3.05, 3.63) is 33.8 Å². The predicted molar refractivity (Wildman–Crippen MR) is 80.8 cm³/mol. The van der Waals surface area contributed by atoms with Crippen molar-refractivity contribution in [2.45, 2.75) is 26.2 Å².